The molecule has 13 unspecified atom stereocenters. The van der Waals surface area contributed by atoms with Gasteiger partial charge >= 0.3 is 5.97 Å². The number of ether oxygens (including phenoxy) is 12. The Morgan fingerprint density at radius 1 is 0.551 bits per heavy atom. The topological polar surface area (TPSA) is 128 Å². The quantitative estimate of drug-likeness (QED) is 0.193. The fourth-order valence-corrected chi connectivity index (χ4v) is 11.3. The van der Waals surface area contributed by atoms with E-state index in [0.29, 0.717) is 51.6 Å². The van der Waals surface area contributed by atoms with Crippen LogP contribution in [0.1, 0.15) is 138 Å². The monoisotopic (exact) mass is 1080 g/mol. The van der Waals surface area contributed by atoms with Crippen molar-refractivity contribution in [2.24, 2.45) is 17.8 Å². The van der Waals surface area contributed by atoms with Gasteiger partial charge in [0.1, 0.15) is 17.6 Å². The van der Waals surface area contributed by atoms with Crippen LogP contribution in [-0.4, -0.2) is 98.6 Å². The Kier molecular flexibility index (Phi) is 22.4. The summed E-state index contributed by atoms with van der Waals surface area (Å²) in [6, 6.07) is 15.9. The maximum absolute atomic E-state index is 13.0. The number of fused-ring (bicyclic) bond motifs is 8. The number of cyclic esters (lactones) is 1. The van der Waals surface area contributed by atoms with Crippen molar-refractivity contribution in [3.8, 4) is 11.5 Å². The molecule has 0 spiro atoms. The van der Waals surface area contributed by atoms with Gasteiger partial charge in [0, 0.05) is 68.4 Å². The lowest BCUT2D eigenvalue weighted by Crippen LogP contribution is -2.51. The first kappa shape index (κ1) is 61.0. The van der Waals surface area contributed by atoms with Crippen molar-refractivity contribution in [1.82, 2.24) is 0 Å². The molecule has 0 aliphatic carbocycles. The summed E-state index contributed by atoms with van der Waals surface area (Å²) in [6.07, 6.45) is 29.7. The largest absolute Gasteiger partial charge is 0.497 e. The van der Waals surface area contributed by atoms with E-state index in [-0.39, 0.29) is 84.8 Å². The first-order chi connectivity index (χ1) is 37.2. The van der Waals surface area contributed by atoms with Crippen LogP contribution in [0, 0.1) is 17.8 Å². The van der Waals surface area contributed by atoms with E-state index in [9.17, 15) is 4.79 Å². The molecule has 4 fully saturated rings. The van der Waals surface area contributed by atoms with Crippen molar-refractivity contribution >= 4 is 5.97 Å². The van der Waals surface area contributed by atoms with Gasteiger partial charge in [-0.15, -0.1) is 0 Å². The molecule has 13 heteroatoms. The summed E-state index contributed by atoms with van der Waals surface area (Å²) in [5, 5.41) is 0. The molecule has 13 nitrogen and oxygen atoms in total. The number of carbonyl (C=O) groups excluding carboxylic acids is 1. The van der Waals surface area contributed by atoms with Crippen molar-refractivity contribution in [2.45, 2.75) is 212 Å². The lowest BCUT2D eigenvalue weighted by molar-refractivity contribution is -0.328. The minimum Gasteiger partial charge on any atom is -0.497 e. The molecular formula is C65H90O13. The first-order valence-corrected chi connectivity index (χ1v) is 28.4. The number of rotatable bonds is 7. The first-order valence-electron chi connectivity index (χ1n) is 28.4. The Bertz CT molecular complexity index is 2380. The van der Waals surface area contributed by atoms with E-state index in [1.165, 1.54) is 6.08 Å². The summed E-state index contributed by atoms with van der Waals surface area (Å²) < 4.78 is 77.8. The second-order valence-electron chi connectivity index (χ2n) is 23.3. The summed E-state index contributed by atoms with van der Waals surface area (Å²) in [5.41, 5.74) is 1.95. The third-order valence-corrected chi connectivity index (χ3v) is 14.9. The van der Waals surface area contributed by atoms with Gasteiger partial charge in [-0.2, -0.15) is 0 Å². The smallest absolute Gasteiger partial charge is 0.331 e. The van der Waals surface area contributed by atoms with E-state index in [0.717, 1.165) is 29.0 Å². The molecule has 0 aromatic heterocycles. The molecule has 5 aliphatic heterocycles. The highest BCUT2D eigenvalue weighted by molar-refractivity contribution is 5.82. The van der Waals surface area contributed by atoms with E-state index in [2.05, 4.69) is 52.0 Å². The molecule has 78 heavy (non-hydrogen) atoms. The molecule has 0 saturated carbocycles. The molecule has 2 aromatic carbocycles. The summed E-state index contributed by atoms with van der Waals surface area (Å²) in [7, 11) is 3.34. The van der Waals surface area contributed by atoms with E-state index < -0.39 is 23.7 Å². The molecule has 428 valence electrons. The van der Waals surface area contributed by atoms with E-state index >= 15 is 0 Å². The lowest BCUT2D eigenvalue weighted by atomic mass is 9.87. The van der Waals surface area contributed by atoms with Gasteiger partial charge in [-0.3, -0.25) is 0 Å². The number of hydrogen-bond donors (Lipinski definition) is 0. The van der Waals surface area contributed by atoms with Crippen molar-refractivity contribution in [3.05, 3.63) is 145 Å². The van der Waals surface area contributed by atoms with Gasteiger partial charge in [0.2, 0.25) is 0 Å². The van der Waals surface area contributed by atoms with Gasteiger partial charge in [0.05, 0.1) is 75.8 Å². The van der Waals surface area contributed by atoms with Crippen molar-refractivity contribution in [1.29, 1.82) is 0 Å². The molecule has 0 amide bonds. The van der Waals surface area contributed by atoms with Crippen LogP contribution >= 0.6 is 0 Å². The van der Waals surface area contributed by atoms with Gasteiger partial charge in [-0.05, 0) is 83.7 Å². The number of benzene rings is 2. The fraction of sp³-hybridized carbons (Fsp3) is 0.585. The van der Waals surface area contributed by atoms with Crippen LogP contribution in [0.5, 0.6) is 11.5 Å². The predicted octanol–water partition coefficient (Wildman–Crippen LogP) is 13.5. The van der Waals surface area contributed by atoms with E-state index in [4.69, 9.17) is 56.8 Å². The third-order valence-electron chi connectivity index (χ3n) is 14.9. The van der Waals surface area contributed by atoms with Crippen LogP contribution in [-0.2, 0) is 58.8 Å². The molecular weight excluding hydrogens is 989 g/mol. The Hall–Kier alpha value is -4.67. The molecule has 2 aromatic rings. The van der Waals surface area contributed by atoms with Gasteiger partial charge in [0.25, 0.3) is 0 Å². The van der Waals surface area contributed by atoms with Crippen LogP contribution in [0.3, 0.4) is 0 Å². The Morgan fingerprint density at radius 2 is 1.05 bits per heavy atom. The lowest BCUT2D eigenvalue weighted by Gasteiger charge is -2.47. The van der Waals surface area contributed by atoms with Crippen molar-refractivity contribution < 1.29 is 61.6 Å². The van der Waals surface area contributed by atoms with Crippen LogP contribution in [0.2, 0.25) is 0 Å². The summed E-state index contributed by atoms with van der Waals surface area (Å²) >= 11 is 0. The van der Waals surface area contributed by atoms with Crippen molar-refractivity contribution in [2.75, 3.05) is 14.2 Å². The zero-order chi connectivity index (χ0) is 55.9. The maximum Gasteiger partial charge on any atom is 0.331 e. The molecule has 13 atom stereocenters. The van der Waals surface area contributed by atoms with Gasteiger partial charge < -0.3 is 56.8 Å². The summed E-state index contributed by atoms with van der Waals surface area (Å²) in [6.45, 7) is 20.7. The van der Waals surface area contributed by atoms with Gasteiger partial charge in [0.15, 0.2) is 23.7 Å². The van der Waals surface area contributed by atoms with E-state index in [1.807, 2.05) is 139 Å². The number of hydrogen-bond acceptors (Lipinski definition) is 13. The second-order valence-corrected chi connectivity index (χ2v) is 23.3. The SMILES string of the molecule is COc1ccc(COC2CC3CC(CC4OC(C)(C)OC(CC=CC=CC=CC=CC=CC=CC(=O)OC(C(C)C)C(C)C=CC5CC(CC6CC(C2)OC(C)(C)O6)OC(C)(C)O5)C4C)OC(c2ccc(OC)cc2)O3)cc1. The Labute approximate surface area is 465 Å². The van der Waals surface area contributed by atoms with Gasteiger partial charge in [-0.25, -0.2) is 4.79 Å². The molecule has 0 N–H and O–H groups in total. The molecule has 4 saturated heterocycles. The normalized spacial score (nSPS) is 33.2. The number of methoxy groups -OCH3 is 2. The maximum atomic E-state index is 13.0. The zero-order valence-corrected chi connectivity index (χ0v) is 48.5. The van der Waals surface area contributed by atoms with E-state index in [1.54, 1.807) is 20.3 Å². The minimum atomic E-state index is -0.862. The van der Waals surface area contributed by atoms with Crippen LogP contribution in [0.15, 0.2) is 134 Å². The second kappa shape index (κ2) is 28.7. The highest BCUT2D eigenvalue weighted by Crippen LogP contribution is 2.41. The van der Waals surface area contributed by atoms with Crippen LogP contribution in [0.25, 0.3) is 0 Å². The van der Waals surface area contributed by atoms with Gasteiger partial charge in [-0.1, -0.05) is 131 Å². The average Bonchev–Trinajstić information content (AvgIpc) is 3.40. The summed E-state index contributed by atoms with van der Waals surface area (Å²) in [5.74, 6) is -1.22. The Morgan fingerprint density at radius 3 is 1.67 bits per heavy atom. The highest BCUT2D eigenvalue weighted by Gasteiger charge is 2.45. The molecule has 5 aliphatic rings. The number of esters is 1. The van der Waals surface area contributed by atoms with Crippen molar-refractivity contribution in [3.63, 3.8) is 0 Å². The number of allylic oxidation sites excluding steroid dienone is 10. The molecule has 7 rings (SSSR count). The Balaban J connectivity index is 1.17. The fourth-order valence-electron chi connectivity index (χ4n) is 11.3. The van der Waals surface area contributed by atoms with Crippen LogP contribution < -0.4 is 9.47 Å². The average molecular weight is 1080 g/mol. The standard InChI is InChI=1S/C65H90O13/c1-44(2)61-45(3)26-31-51-36-55(74-63(5,6)73-51)40-57-41-56(75-64(7,8)76-57)38-52(69-43-47-27-32-49(67-11)33-28-47)37-53-39-54(71-62(70-53)48-29-34-50(68-12)35-30-48)42-59-46(4)58(77-65(9,10)78-59)24-22-20-18-16-14-13-15-17-19-21-23-25-60(66)72-61/h13-23,25-35,44-46,51-59,61-62H,24,36-43H2,1-12H3. The molecule has 0 radical (unpaired) electrons. The zero-order valence-electron chi connectivity index (χ0n) is 48.5. The molecule has 5 heterocycles. The van der Waals surface area contributed by atoms with Crippen LogP contribution in [0.4, 0.5) is 0 Å². The summed E-state index contributed by atoms with van der Waals surface area (Å²) in [4.78, 5) is 13.0. The number of carbonyl (C=O) groups is 1. The predicted molar refractivity (Wildman–Crippen MR) is 302 cm³/mol. The molecule has 8 bridgehead atoms. The third kappa shape index (κ3) is 19.3. The minimum absolute atomic E-state index is 0.0632. The highest BCUT2D eigenvalue weighted by atomic mass is 16.7.